The summed E-state index contributed by atoms with van der Waals surface area (Å²) in [7, 11) is 0. The van der Waals surface area contributed by atoms with Crippen LogP contribution in [-0.4, -0.2) is 41.9 Å². The molecule has 0 saturated heterocycles. The molecular weight excluding hydrogens is 474 g/mol. The Morgan fingerprint density at radius 1 is 1.08 bits per heavy atom. The zero-order valence-corrected chi connectivity index (χ0v) is 21.2. The third kappa shape index (κ3) is 3.45. The van der Waals surface area contributed by atoms with Crippen LogP contribution in [0.5, 0.6) is 0 Å². The van der Waals surface area contributed by atoms with Crippen molar-refractivity contribution in [1.29, 1.82) is 0 Å². The van der Waals surface area contributed by atoms with Crippen LogP contribution in [0.15, 0.2) is 48.5 Å². The number of nitrogens with one attached hydrogen (secondary N) is 2. The van der Waals surface area contributed by atoms with E-state index in [-0.39, 0.29) is 23.9 Å². The van der Waals surface area contributed by atoms with Crippen LogP contribution >= 0.6 is 11.6 Å². The molecule has 5 N–H and O–H groups in total. The van der Waals surface area contributed by atoms with Crippen molar-refractivity contribution in [3.63, 3.8) is 0 Å². The molecule has 1 aromatic heterocycles. The van der Waals surface area contributed by atoms with Gasteiger partial charge in [-0.15, -0.1) is 11.6 Å². The molecule has 6 rings (SSSR count). The van der Waals surface area contributed by atoms with Crippen LogP contribution in [0.2, 0.25) is 0 Å². The van der Waals surface area contributed by atoms with Gasteiger partial charge in [0.15, 0.2) is 0 Å². The number of urea groups is 1. The van der Waals surface area contributed by atoms with E-state index in [2.05, 4.69) is 48.1 Å². The molecule has 2 aliphatic rings. The van der Waals surface area contributed by atoms with E-state index >= 15 is 0 Å². The summed E-state index contributed by atoms with van der Waals surface area (Å²) in [6.45, 7) is 5.36. The quantitative estimate of drug-likeness (QED) is 0.348. The summed E-state index contributed by atoms with van der Waals surface area (Å²) in [5.74, 6) is 0.406. The topological polar surface area (TPSA) is 96.1 Å². The van der Waals surface area contributed by atoms with Crippen molar-refractivity contribution in [2.24, 2.45) is 0 Å². The van der Waals surface area contributed by atoms with Gasteiger partial charge in [-0.2, -0.15) is 0 Å². The summed E-state index contributed by atoms with van der Waals surface area (Å²) in [4.78, 5) is 32.8. The highest BCUT2D eigenvalue weighted by molar-refractivity contribution is 6.19. The van der Waals surface area contributed by atoms with Crippen LogP contribution in [0.25, 0.3) is 21.7 Å². The Labute approximate surface area is 214 Å². The number of aromatic nitrogens is 1. The Balaban J connectivity index is 1.45. The lowest BCUT2D eigenvalue weighted by Gasteiger charge is -2.20. The number of hydrogen-bond donors (Lipinski definition) is 3. The molecule has 1 unspecified atom stereocenters. The van der Waals surface area contributed by atoms with E-state index in [1.54, 1.807) is 4.90 Å². The third-order valence-corrected chi connectivity index (χ3v) is 7.71. The van der Waals surface area contributed by atoms with Gasteiger partial charge >= 0.3 is 6.03 Å². The lowest BCUT2D eigenvalue weighted by Crippen LogP contribution is -2.64. The molecule has 8 heteroatoms. The van der Waals surface area contributed by atoms with Crippen molar-refractivity contribution in [2.45, 2.75) is 32.2 Å². The molecule has 0 aliphatic carbocycles. The fourth-order valence-electron chi connectivity index (χ4n) is 5.83. The zero-order chi connectivity index (χ0) is 25.1. The van der Waals surface area contributed by atoms with Crippen molar-refractivity contribution >= 4 is 62.3 Å². The Morgan fingerprint density at radius 3 is 2.58 bits per heavy atom. The molecule has 36 heavy (non-hydrogen) atoms. The highest BCUT2D eigenvalue weighted by atomic mass is 35.5. The highest BCUT2D eigenvalue weighted by Crippen LogP contribution is 2.45. The normalized spacial score (nSPS) is 16.8. The molecule has 4 aromatic rings. The summed E-state index contributed by atoms with van der Waals surface area (Å²) in [5, 5.41) is 6.81. The smallest absolute Gasteiger partial charge is 0.382 e. The molecule has 3 heterocycles. The second-order valence-corrected chi connectivity index (χ2v) is 10.3. The molecule has 0 bridgehead atoms. The van der Waals surface area contributed by atoms with E-state index in [4.69, 9.17) is 11.6 Å². The van der Waals surface area contributed by atoms with Crippen LogP contribution in [0.3, 0.4) is 0 Å². The molecule has 3 aromatic carbocycles. The first-order valence-electron chi connectivity index (χ1n) is 12.4. The maximum Gasteiger partial charge on any atom is 0.418 e. The van der Waals surface area contributed by atoms with E-state index < -0.39 is 0 Å². The van der Waals surface area contributed by atoms with Gasteiger partial charge in [0.1, 0.15) is 5.69 Å². The lowest BCUT2D eigenvalue weighted by atomic mass is 9.95. The molecule has 7 nitrogen and oxygen atoms in total. The zero-order valence-electron chi connectivity index (χ0n) is 20.4. The molecule has 184 valence electrons. The van der Waals surface area contributed by atoms with E-state index in [1.165, 1.54) is 0 Å². The average molecular weight is 503 g/mol. The number of anilines is 3. The first-order valence-corrected chi connectivity index (χ1v) is 12.9. The minimum Gasteiger partial charge on any atom is -0.382 e. The van der Waals surface area contributed by atoms with Crippen LogP contribution in [0, 0.1) is 0 Å². The maximum atomic E-state index is 13.9. The SMILES string of the molecule is CC(C)Nc1cc2c(c3ccccc13)C(CCl)CN2C(=O)c1cc2c3c(ccc2[nH]1)N(C([NH3+])=O)CC3. The number of quaternary nitrogens is 1. The van der Waals surface area contributed by atoms with Crippen molar-refractivity contribution in [2.75, 3.05) is 34.1 Å². The number of carbonyl (C=O) groups excluding carboxylic acids is 2. The predicted molar refractivity (Wildman–Crippen MR) is 145 cm³/mol. The standard InChI is InChI=1S/C28H28ClN5O2/c1-15(2)31-22-12-25-26(19-6-4-3-5-17(19)22)16(13-29)14-34(25)27(35)23-11-20-18-9-10-33(28(30)36)24(18)8-7-21(20)32-23/h3-8,11-12,15-16,31-32H,9-10,13-14H2,1-2H3,(H2,30,36)/p+1. The second kappa shape index (κ2) is 8.54. The monoisotopic (exact) mass is 502 g/mol. The molecule has 0 radical (unpaired) electrons. The average Bonchev–Trinajstić information content (AvgIpc) is 3.57. The number of nitrogens with zero attached hydrogens (tertiary/aromatic N) is 2. The Kier molecular flexibility index (Phi) is 5.43. The van der Waals surface area contributed by atoms with E-state index in [1.807, 2.05) is 35.2 Å². The molecule has 1 atom stereocenters. The lowest BCUT2D eigenvalue weighted by molar-refractivity contribution is -0.246. The molecular formula is C28H29ClN5O2+. The molecule has 0 spiro atoms. The van der Waals surface area contributed by atoms with Gasteiger partial charge in [-0.05, 0) is 61.0 Å². The van der Waals surface area contributed by atoms with Gasteiger partial charge in [-0.3, -0.25) is 15.4 Å². The Hall–Kier alpha value is -3.55. The van der Waals surface area contributed by atoms with E-state index in [9.17, 15) is 9.59 Å². The summed E-state index contributed by atoms with van der Waals surface area (Å²) in [6.07, 6.45) is 0.747. The third-order valence-electron chi connectivity index (χ3n) is 7.34. The van der Waals surface area contributed by atoms with Gasteiger partial charge in [-0.25, -0.2) is 4.79 Å². The van der Waals surface area contributed by atoms with Crippen molar-refractivity contribution < 1.29 is 15.3 Å². The van der Waals surface area contributed by atoms with Gasteiger partial charge in [-0.1, -0.05) is 24.3 Å². The first kappa shape index (κ1) is 22.9. The highest BCUT2D eigenvalue weighted by Gasteiger charge is 2.36. The van der Waals surface area contributed by atoms with Crippen LogP contribution in [0.1, 0.15) is 41.4 Å². The van der Waals surface area contributed by atoms with Crippen LogP contribution < -0.4 is 20.9 Å². The van der Waals surface area contributed by atoms with Crippen molar-refractivity contribution in [3.05, 3.63) is 65.4 Å². The van der Waals surface area contributed by atoms with Gasteiger partial charge in [0.05, 0.1) is 11.4 Å². The largest absolute Gasteiger partial charge is 0.418 e. The number of alkyl halides is 1. The summed E-state index contributed by atoms with van der Waals surface area (Å²) >= 11 is 6.44. The number of carbonyl (C=O) groups is 2. The predicted octanol–water partition coefficient (Wildman–Crippen LogP) is 4.85. The minimum atomic E-state index is -0.209. The van der Waals surface area contributed by atoms with Crippen molar-refractivity contribution in [1.82, 2.24) is 4.98 Å². The number of amides is 3. The van der Waals surface area contributed by atoms with Gasteiger partial charge in [0.25, 0.3) is 5.91 Å². The fraction of sp³-hybridized carbons (Fsp3) is 0.286. The molecule has 3 amide bonds. The minimum absolute atomic E-state index is 0.0499. The number of H-pyrrole nitrogens is 1. The van der Waals surface area contributed by atoms with Gasteiger partial charge < -0.3 is 15.2 Å². The summed E-state index contributed by atoms with van der Waals surface area (Å²) in [6, 6.07) is 16.3. The van der Waals surface area contributed by atoms with Gasteiger partial charge in [0.2, 0.25) is 0 Å². The summed E-state index contributed by atoms with van der Waals surface area (Å²) < 4.78 is 0. The number of benzene rings is 3. The Bertz CT molecular complexity index is 1540. The van der Waals surface area contributed by atoms with Crippen LogP contribution in [0.4, 0.5) is 21.9 Å². The van der Waals surface area contributed by atoms with E-state index in [0.29, 0.717) is 24.7 Å². The Morgan fingerprint density at radius 2 is 1.86 bits per heavy atom. The number of fused-ring (bicyclic) bond motifs is 6. The van der Waals surface area contributed by atoms with Crippen molar-refractivity contribution in [3.8, 4) is 0 Å². The number of halogens is 1. The second-order valence-electron chi connectivity index (χ2n) is 9.97. The van der Waals surface area contributed by atoms with Crippen LogP contribution in [-0.2, 0) is 6.42 Å². The van der Waals surface area contributed by atoms with E-state index in [0.717, 1.165) is 56.3 Å². The molecule has 2 aliphatic heterocycles. The van der Waals surface area contributed by atoms with Gasteiger partial charge in [0, 0.05) is 52.9 Å². The molecule has 0 fully saturated rings. The maximum absolute atomic E-state index is 13.9. The fourth-order valence-corrected chi connectivity index (χ4v) is 6.08. The molecule has 0 saturated carbocycles. The number of rotatable bonds is 4. The first-order chi connectivity index (χ1) is 17.4. The number of aromatic amines is 1. The summed E-state index contributed by atoms with van der Waals surface area (Å²) in [5.41, 5.74) is 10.0. The number of hydrogen-bond acceptors (Lipinski definition) is 3.